The summed E-state index contributed by atoms with van der Waals surface area (Å²) in [5, 5.41) is 3.45. The minimum Gasteiger partial charge on any atom is -0.373 e. The highest BCUT2D eigenvalue weighted by Crippen LogP contribution is 2.35. The van der Waals surface area contributed by atoms with Crippen molar-refractivity contribution in [1.29, 1.82) is 0 Å². The Morgan fingerprint density at radius 2 is 1.64 bits per heavy atom. The van der Waals surface area contributed by atoms with Gasteiger partial charge in [0.15, 0.2) is 0 Å². The molecule has 130 valence electrons. The molecular formula is C19H38N2O. The fourth-order valence-electron chi connectivity index (χ4n) is 4.28. The maximum absolute atomic E-state index is 6.17. The van der Waals surface area contributed by atoms with Gasteiger partial charge in [-0.3, -0.25) is 4.90 Å². The Hall–Kier alpha value is -0.120. The largest absolute Gasteiger partial charge is 0.373 e. The number of piperazine rings is 1. The van der Waals surface area contributed by atoms with E-state index in [9.17, 15) is 0 Å². The molecule has 0 aromatic carbocycles. The van der Waals surface area contributed by atoms with Crippen LogP contribution in [0.15, 0.2) is 0 Å². The van der Waals surface area contributed by atoms with E-state index in [1.807, 2.05) is 0 Å². The maximum Gasteiger partial charge on any atom is 0.0602 e. The molecule has 2 rings (SSSR count). The van der Waals surface area contributed by atoms with E-state index in [4.69, 9.17) is 4.74 Å². The zero-order chi connectivity index (χ0) is 16.2. The molecule has 3 nitrogen and oxygen atoms in total. The van der Waals surface area contributed by atoms with E-state index in [0.29, 0.717) is 6.10 Å². The minimum atomic E-state index is 0.0138. The van der Waals surface area contributed by atoms with Crippen molar-refractivity contribution in [1.82, 2.24) is 10.2 Å². The molecule has 0 amide bonds. The molecule has 1 N–H and O–H groups in total. The molecule has 3 heteroatoms. The van der Waals surface area contributed by atoms with Gasteiger partial charge in [0.25, 0.3) is 0 Å². The average molecular weight is 311 g/mol. The van der Waals surface area contributed by atoms with Crippen LogP contribution < -0.4 is 5.32 Å². The molecule has 2 aliphatic rings. The van der Waals surface area contributed by atoms with Gasteiger partial charge in [-0.15, -0.1) is 0 Å². The van der Waals surface area contributed by atoms with Gasteiger partial charge in [0, 0.05) is 32.2 Å². The van der Waals surface area contributed by atoms with E-state index in [2.05, 4.69) is 44.8 Å². The normalized spacial score (nSPS) is 31.0. The molecule has 2 atom stereocenters. The van der Waals surface area contributed by atoms with Crippen LogP contribution in [0.5, 0.6) is 0 Å². The van der Waals surface area contributed by atoms with Gasteiger partial charge < -0.3 is 10.1 Å². The molecule has 22 heavy (non-hydrogen) atoms. The van der Waals surface area contributed by atoms with E-state index >= 15 is 0 Å². The Morgan fingerprint density at radius 3 is 2.18 bits per heavy atom. The summed E-state index contributed by atoms with van der Waals surface area (Å²) in [6.07, 6.45) is 7.08. The smallest absolute Gasteiger partial charge is 0.0602 e. The highest BCUT2D eigenvalue weighted by Gasteiger charge is 2.29. The molecule has 0 aromatic heterocycles. The highest BCUT2D eigenvalue weighted by atomic mass is 16.5. The molecule has 0 bridgehead atoms. The summed E-state index contributed by atoms with van der Waals surface area (Å²) < 4.78 is 6.17. The lowest BCUT2D eigenvalue weighted by atomic mass is 9.77. The van der Waals surface area contributed by atoms with Gasteiger partial charge >= 0.3 is 0 Å². The fourth-order valence-corrected chi connectivity index (χ4v) is 4.28. The van der Waals surface area contributed by atoms with E-state index in [1.54, 1.807) is 0 Å². The Labute approximate surface area is 138 Å². The van der Waals surface area contributed by atoms with Crippen molar-refractivity contribution >= 4 is 0 Å². The highest BCUT2D eigenvalue weighted by molar-refractivity contribution is 4.81. The predicted octanol–water partition coefficient (Wildman–Crippen LogP) is 3.68. The summed E-state index contributed by atoms with van der Waals surface area (Å²) in [5.74, 6) is 1.76. The number of hydrogen-bond donors (Lipinski definition) is 1. The van der Waals surface area contributed by atoms with E-state index < -0.39 is 0 Å². The van der Waals surface area contributed by atoms with Crippen molar-refractivity contribution in [2.24, 2.45) is 11.8 Å². The lowest BCUT2D eigenvalue weighted by Gasteiger charge is -2.38. The molecule has 1 aliphatic carbocycles. The van der Waals surface area contributed by atoms with Gasteiger partial charge in [0.05, 0.1) is 11.7 Å². The molecule has 1 heterocycles. The SMILES string of the molecule is CC(CC(C)N1CCNCC1)C1CCC(OC(C)(C)C)CC1. The number of hydrogen-bond acceptors (Lipinski definition) is 3. The van der Waals surface area contributed by atoms with Crippen LogP contribution in [-0.4, -0.2) is 48.8 Å². The van der Waals surface area contributed by atoms with Crippen LogP contribution in [-0.2, 0) is 4.74 Å². The standard InChI is InChI=1S/C19H38N2O/c1-15(14-16(2)21-12-10-20-11-13-21)17-6-8-18(9-7-17)22-19(3,4)5/h15-18,20H,6-14H2,1-5H3. The molecule has 2 unspecified atom stereocenters. The lowest BCUT2D eigenvalue weighted by molar-refractivity contribution is -0.0810. The third-order valence-corrected chi connectivity index (χ3v) is 5.53. The Bertz CT molecular complexity index is 312. The summed E-state index contributed by atoms with van der Waals surface area (Å²) in [6, 6.07) is 0.737. The van der Waals surface area contributed by atoms with Crippen LogP contribution in [0.4, 0.5) is 0 Å². The first-order valence-electron chi connectivity index (χ1n) is 9.48. The van der Waals surface area contributed by atoms with Gasteiger partial charge in [-0.05, 0) is 71.6 Å². The molecule has 0 radical (unpaired) electrons. The second kappa shape index (κ2) is 8.12. The van der Waals surface area contributed by atoms with Crippen molar-refractivity contribution in [2.75, 3.05) is 26.2 Å². The zero-order valence-corrected chi connectivity index (χ0v) is 15.5. The van der Waals surface area contributed by atoms with Crippen LogP contribution in [0, 0.1) is 11.8 Å². The first kappa shape index (κ1) is 18.2. The van der Waals surface area contributed by atoms with Crippen LogP contribution in [0.3, 0.4) is 0 Å². The van der Waals surface area contributed by atoms with Crippen LogP contribution >= 0.6 is 0 Å². The van der Waals surface area contributed by atoms with Gasteiger partial charge in [-0.1, -0.05) is 6.92 Å². The molecule has 2 fully saturated rings. The van der Waals surface area contributed by atoms with Crippen molar-refractivity contribution in [3.05, 3.63) is 0 Å². The summed E-state index contributed by atoms with van der Waals surface area (Å²) >= 11 is 0. The summed E-state index contributed by atoms with van der Waals surface area (Å²) in [5.41, 5.74) is 0.0138. The first-order valence-corrected chi connectivity index (χ1v) is 9.48. The second-order valence-corrected chi connectivity index (χ2v) is 8.61. The molecule has 1 aliphatic heterocycles. The lowest BCUT2D eigenvalue weighted by Crippen LogP contribution is -2.48. The second-order valence-electron chi connectivity index (χ2n) is 8.61. The molecule has 1 saturated carbocycles. The monoisotopic (exact) mass is 310 g/mol. The molecule has 0 spiro atoms. The third kappa shape index (κ3) is 5.82. The third-order valence-electron chi connectivity index (χ3n) is 5.53. The van der Waals surface area contributed by atoms with Crippen LogP contribution in [0.2, 0.25) is 0 Å². The minimum absolute atomic E-state index is 0.0138. The van der Waals surface area contributed by atoms with Crippen LogP contribution in [0.25, 0.3) is 0 Å². The maximum atomic E-state index is 6.17. The van der Waals surface area contributed by atoms with Gasteiger partial charge in [0.2, 0.25) is 0 Å². The summed E-state index contributed by atoms with van der Waals surface area (Å²) in [7, 11) is 0. The number of rotatable bonds is 5. The number of ether oxygens (including phenoxy) is 1. The summed E-state index contributed by atoms with van der Waals surface area (Å²) in [4.78, 5) is 2.67. The van der Waals surface area contributed by atoms with Crippen molar-refractivity contribution in [3.8, 4) is 0 Å². The fraction of sp³-hybridized carbons (Fsp3) is 1.00. The molecular weight excluding hydrogens is 272 g/mol. The predicted molar refractivity (Wildman–Crippen MR) is 94.3 cm³/mol. The van der Waals surface area contributed by atoms with Crippen molar-refractivity contribution < 1.29 is 4.74 Å². The van der Waals surface area contributed by atoms with E-state index in [0.717, 1.165) is 31.0 Å². The first-order chi connectivity index (χ1) is 10.3. The Kier molecular flexibility index (Phi) is 6.73. The zero-order valence-electron chi connectivity index (χ0n) is 15.5. The molecule has 0 aromatic rings. The average Bonchev–Trinajstić information content (AvgIpc) is 2.47. The van der Waals surface area contributed by atoms with E-state index in [1.165, 1.54) is 45.2 Å². The van der Waals surface area contributed by atoms with Gasteiger partial charge in [-0.2, -0.15) is 0 Å². The Morgan fingerprint density at radius 1 is 1.05 bits per heavy atom. The van der Waals surface area contributed by atoms with Crippen molar-refractivity contribution in [2.45, 2.75) is 84.5 Å². The van der Waals surface area contributed by atoms with Crippen molar-refractivity contribution in [3.63, 3.8) is 0 Å². The van der Waals surface area contributed by atoms with Gasteiger partial charge in [-0.25, -0.2) is 0 Å². The topological polar surface area (TPSA) is 24.5 Å². The number of nitrogens with zero attached hydrogens (tertiary/aromatic N) is 1. The molecule has 1 saturated heterocycles. The quantitative estimate of drug-likeness (QED) is 0.838. The Balaban J connectivity index is 1.71. The van der Waals surface area contributed by atoms with Crippen LogP contribution in [0.1, 0.15) is 66.7 Å². The van der Waals surface area contributed by atoms with E-state index in [-0.39, 0.29) is 5.60 Å². The number of nitrogens with one attached hydrogen (secondary N) is 1. The van der Waals surface area contributed by atoms with Gasteiger partial charge in [0.1, 0.15) is 0 Å². The summed E-state index contributed by atoms with van der Waals surface area (Å²) in [6.45, 7) is 16.2.